The van der Waals surface area contributed by atoms with Crippen molar-refractivity contribution in [2.45, 2.75) is 58.9 Å². The molecule has 1 fully saturated rings. The highest BCUT2D eigenvalue weighted by molar-refractivity contribution is 6.05. The van der Waals surface area contributed by atoms with Crippen LogP contribution in [0.5, 0.6) is 0 Å². The first-order valence-corrected chi connectivity index (χ1v) is 15.4. The van der Waals surface area contributed by atoms with Crippen molar-refractivity contribution in [1.82, 2.24) is 9.80 Å². The van der Waals surface area contributed by atoms with E-state index < -0.39 is 0 Å². The molecule has 0 saturated carbocycles. The number of amides is 2. The summed E-state index contributed by atoms with van der Waals surface area (Å²) in [5, 5.41) is 3.02. The van der Waals surface area contributed by atoms with Crippen molar-refractivity contribution in [3.05, 3.63) is 101 Å². The molecule has 3 N–H and O–H groups in total. The van der Waals surface area contributed by atoms with Gasteiger partial charge in [-0.15, -0.1) is 0 Å². The van der Waals surface area contributed by atoms with Crippen molar-refractivity contribution in [2.75, 3.05) is 31.5 Å². The number of aliphatic imine (C=N–C) groups is 1. The number of nitrogens with two attached hydrogens (primary N) is 1. The van der Waals surface area contributed by atoms with Crippen LogP contribution < -0.4 is 11.1 Å². The number of amidine groups is 1. The van der Waals surface area contributed by atoms with E-state index in [9.17, 15) is 9.59 Å². The predicted octanol–water partition coefficient (Wildman–Crippen LogP) is 6.99. The highest BCUT2D eigenvalue weighted by atomic mass is 16.1. The van der Waals surface area contributed by atoms with E-state index in [1.165, 1.54) is 11.1 Å². The highest BCUT2D eigenvalue weighted by Gasteiger charge is 2.24. The average Bonchev–Trinajstić information content (AvgIpc) is 3.41. The second kappa shape index (κ2) is 15.8. The minimum atomic E-state index is -0.149. The van der Waals surface area contributed by atoms with Crippen LogP contribution in [-0.4, -0.2) is 54.1 Å². The molecule has 5 rings (SSSR count). The zero-order valence-electron chi connectivity index (χ0n) is 25.8. The number of carbonyl (C=O) groups is 2. The first kappa shape index (κ1) is 31.7. The lowest BCUT2D eigenvalue weighted by molar-refractivity contribution is -0.118. The Balaban J connectivity index is 0.000000410. The number of anilines is 1. The molecule has 0 bridgehead atoms. The van der Waals surface area contributed by atoms with Gasteiger partial charge in [-0.25, -0.2) is 4.99 Å². The summed E-state index contributed by atoms with van der Waals surface area (Å²) in [6.07, 6.45) is 6.91. The van der Waals surface area contributed by atoms with Gasteiger partial charge in [-0.05, 0) is 74.0 Å². The minimum absolute atomic E-state index is 0.149. The summed E-state index contributed by atoms with van der Waals surface area (Å²) < 4.78 is 0. The molecular weight excluding hydrogens is 534 g/mol. The van der Waals surface area contributed by atoms with Crippen LogP contribution in [0.15, 0.2) is 83.4 Å². The monoisotopic (exact) mass is 579 g/mol. The number of nitrogens with zero attached hydrogens (tertiary/aromatic N) is 3. The van der Waals surface area contributed by atoms with Crippen molar-refractivity contribution in [1.29, 1.82) is 0 Å². The lowest BCUT2D eigenvalue weighted by Crippen LogP contribution is -2.23. The SMILES string of the molecule is CC1=Cc2ccc(C(=O)Nc3ccc(C4CCN(Cc5ccccc5)C4)cc3)cc2N=C(N)C1.CCCN(C=O)CCC. The van der Waals surface area contributed by atoms with Crippen LogP contribution >= 0.6 is 0 Å². The number of likely N-dealkylation sites (tertiary alicyclic amines) is 1. The Morgan fingerprint density at radius 3 is 2.44 bits per heavy atom. The fraction of sp³-hybridized carbons (Fsp3) is 0.361. The summed E-state index contributed by atoms with van der Waals surface area (Å²) in [5.41, 5.74) is 12.9. The smallest absolute Gasteiger partial charge is 0.255 e. The topological polar surface area (TPSA) is 91.0 Å². The summed E-state index contributed by atoms with van der Waals surface area (Å²) in [6.45, 7) is 11.2. The fourth-order valence-corrected chi connectivity index (χ4v) is 5.62. The van der Waals surface area contributed by atoms with Crippen LogP contribution in [0.2, 0.25) is 0 Å². The van der Waals surface area contributed by atoms with Gasteiger partial charge in [-0.2, -0.15) is 0 Å². The van der Waals surface area contributed by atoms with Gasteiger partial charge in [0.2, 0.25) is 6.41 Å². The normalized spacial score (nSPS) is 16.1. The van der Waals surface area contributed by atoms with E-state index in [4.69, 9.17) is 5.73 Å². The van der Waals surface area contributed by atoms with Gasteiger partial charge in [-0.1, -0.05) is 74.0 Å². The molecule has 0 aromatic heterocycles. The molecule has 7 nitrogen and oxygen atoms in total. The standard InChI is InChI=1S/C29H30N4O.C7H15NO/c1-20-15-23-7-8-24(17-27(23)32-28(30)16-20)29(34)31-26-11-9-22(10-12-26)25-13-14-33(19-25)18-21-5-3-2-4-6-21;1-3-5-8(7-9)6-4-2/h2-12,15,17,25H,13-14,16,18-19H2,1H3,(H2,30,32)(H,31,34);7H,3-6H2,1-2H3. The van der Waals surface area contributed by atoms with Gasteiger partial charge in [-0.3, -0.25) is 14.5 Å². The second-order valence-electron chi connectivity index (χ2n) is 11.5. The Morgan fingerprint density at radius 1 is 1.05 bits per heavy atom. The Bertz CT molecular complexity index is 1410. The molecule has 3 aromatic carbocycles. The molecular formula is C36H45N5O2. The van der Waals surface area contributed by atoms with Gasteiger partial charge in [0.05, 0.1) is 5.69 Å². The highest BCUT2D eigenvalue weighted by Crippen LogP contribution is 2.30. The number of rotatable bonds is 10. The van der Waals surface area contributed by atoms with Crippen LogP contribution in [-0.2, 0) is 11.3 Å². The fourth-order valence-electron chi connectivity index (χ4n) is 5.62. The van der Waals surface area contributed by atoms with E-state index in [1.54, 1.807) is 11.0 Å². The van der Waals surface area contributed by atoms with E-state index in [0.717, 1.165) is 80.9 Å². The molecule has 7 heteroatoms. The molecule has 2 aliphatic heterocycles. The van der Waals surface area contributed by atoms with Crippen LogP contribution in [0.25, 0.3) is 6.08 Å². The van der Waals surface area contributed by atoms with Crippen molar-refractivity contribution in [2.24, 2.45) is 10.7 Å². The number of carbonyl (C=O) groups excluding carboxylic acids is 2. The maximum Gasteiger partial charge on any atom is 0.255 e. The lowest BCUT2D eigenvalue weighted by Gasteiger charge is -2.16. The summed E-state index contributed by atoms with van der Waals surface area (Å²) in [4.78, 5) is 31.9. The van der Waals surface area contributed by atoms with Crippen LogP contribution in [0, 0.1) is 0 Å². The van der Waals surface area contributed by atoms with Crippen molar-refractivity contribution >= 4 is 35.6 Å². The maximum atomic E-state index is 12.9. The third-order valence-corrected chi connectivity index (χ3v) is 7.75. The molecule has 0 spiro atoms. The van der Waals surface area contributed by atoms with E-state index in [1.807, 2.05) is 31.2 Å². The summed E-state index contributed by atoms with van der Waals surface area (Å²) in [5.74, 6) is 0.942. The largest absolute Gasteiger partial charge is 0.387 e. The minimum Gasteiger partial charge on any atom is -0.387 e. The Kier molecular flexibility index (Phi) is 11.7. The molecule has 0 aliphatic carbocycles. The Hall–Kier alpha value is -4.23. The first-order chi connectivity index (χ1) is 20.9. The van der Waals surface area contributed by atoms with Gasteiger partial charge < -0.3 is 16.0 Å². The molecule has 2 heterocycles. The van der Waals surface area contributed by atoms with Crippen molar-refractivity contribution in [3.8, 4) is 0 Å². The van der Waals surface area contributed by atoms with Crippen LogP contribution in [0.3, 0.4) is 0 Å². The molecule has 1 saturated heterocycles. The van der Waals surface area contributed by atoms with E-state index >= 15 is 0 Å². The predicted molar refractivity (Wildman–Crippen MR) is 178 cm³/mol. The molecule has 3 aromatic rings. The van der Waals surface area contributed by atoms with E-state index in [0.29, 0.717) is 23.7 Å². The molecule has 2 aliphatic rings. The van der Waals surface area contributed by atoms with Crippen LogP contribution in [0.1, 0.15) is 79.4 Å². The van der Waals surface area contributed by atoms with Gasteiger partial charge in [0.15, 0.2) is 0 Å². The molecule has 1 unspecified atom stereocenters. The second-order valence-corrected chi connectivity index (χ2v) is 11.5. The molecule has 1 atom stereocenters. The third kappa shape index (κ3) is 9.38. The number of fused-ring (bicyclic) bond motifs is 1. The van der Waals surface area contributed by atoms with E-state index in [-0.39, 0.29) is 5.91 Å². The Labute approximate surface area is 256 Å². The van der Waals surface area contributed by atoms with Crippen LogP contribution in [0.4, 0.5) is 11.4 Å². The average molecular weight is 580 g/mol. The number of benzene rings is 3. The lowest BCUT2D eigenvalue weighted by atomic mass is 9.98. The molecule has 226 valence electrons. The van der Waals surface area contributed by atoms with Crippen molar-refractivity contribution in [3.63, 3.8) is 0 Å². The van der Waals surface area contributed by atoms with Gasteiger partial charge in [0.25, 0.3) is 5.91 Å². The zero-order chi connectivity index (χ0) is 30.6. The third-order valence-electron chi connectivity index (χ3n) is 7.75. The van der Waals surface area contributed by atoms with Crippen molar-refractivity contribution < 1.29 is 9.59 Å². The van der Waals surface area contributed by atoms with Gasteiger partial charge in [0.1, 0.15) is 5.84 Å². The number of hydrogen-bond acceptors (Lipinski definition) is 5. The number of hydrogen-bond donors (Lipinski definition) is 2. The van der Waals surface area contributed by atoms with Gasteiger partial charge in [0, 0.05) is 49.4 Å². The maximum absolute atomic E-state index is 12.9. The summed E-state index contributed by atoms with van der Waals surface area (Å²) in [6, 6.07) is 24.5. The zero-order valence-corrected chi connectivity index (χ0v) is 25.8. The Morgan fingerprint density at radius 2 is 1.77 bits per heavy atom. The molecule has 2 amide bonds. The van der Waals surface area contributed by atoms with E-state index in [2.05, 4.69) is 77.6 Å². The summed E-state index contributed by atoms with van der Waals surface area (Å²) in [7, 11) is 0. The quantitative estimate of drug-likeness (QED) is 0.253. The molecule has 0 radical (unpaired) electrons. The first-order valence-electron chi connectivity index (χ1n) is 15.4. The number of nitrogens with one attached hydrogen (secondary N) is 1. The summed E-state index contributed by atoms with van der Waals surface area (Å²) >= 11 is 0. The van der Waals surface area contributed by atoms with Gasteiger partial charge >= 0.3 is 0 Å². The molecule has 43 heavy (non-hydrogen) atoms.